The van der Waals surface area contributed by atoms with Gasteiger partial charge in [-0.15, -0.1) is 0 Å². The molecule has 8 rings (SSSR count). The van der Waals surface area contributed by atoms with E-state index in [2.05, 4.69) is 70.3 Å². The molecule has 0 saturated heterocycles. The lowest BCUT2D eigenvalue weighted by atomic mass is 9.85. The van der Waals surface area contributed by atoms with Crippen LogP contribution in [0, 0.1) is 25.7 Å². The Morgan fingerprint density at radius 2 is 1.55 bits per heavy atom. The number of carbonyl (C=O) groups excluding carboxylic acids is 2. The molecule has 0 saturated carbocycles. The number of allylic oxidation sites excluding steroid dienone is 4. The highest BCUT2D eigenvalue weighted by Gasteiger charge is 2.74. The van der Waals surface area contributed by atoms with E-state index in [0.29, 0.717) is 19.3 Å². The Hall–Kier alpha value is -4.28. The second-order valence-electron chi connectivity index (χ2n) is 13.8. The molecule has 47 heavy (non-hydrogen) atoms. The molecule has 5 atom stereocenters. The lowest BCUT2D eigenvalue weighted by Crippen LogP contribution is -2.70. The number of aliphatic hydroxyl groups is 2. The van der Waals surface area contributed by atoms with Crippen LogP contribution in [0.15, 0.2) is 28.6 Å². The van der Waals surface area contributed by atoms with Gasteiger partial charge in [0.05, 0.1) is 66.4 Å². The average Bonchev–Trinajstić information content (AvgIpc) is 3.68. The zero-order valence-corrected chi connectivity index (χ0v) is 28.3. The summed E-state index contributed by atoms with van der Waals surface area (Å²) in [5.41, 5.74) is 12.2. The van der Waals surface area contributed by atoms with E-state index < -0.39 is 18.1 Å². The Morgan fingerprint density at radius 3 is 2.21 bits per heavy atom. The summed E-state index contributed by atoms with van der Waals surface area (Å²) in [6, 6.07) is 0. The van der Waals surface area contributed by atoms with Crippen LogP contribution in [0.25, 0.3) is 18.2 Å². The predicted molar refractivity (Wildman–Crippen MR) is 175 cm³/mol. The summed E-state index contributed by atoms with van der Waals surface area (Å²) in [6.45, 7) is 12.2. The molecular weight excluding hydrogens is 596 g/mol. The number of aliphatic hydroxyl groups excluding tert-OH is 2. The van der Waals surface area contributed by atoms with Gasteiger partial charge in [-0.1, -0.05) is 16.1 Å². The topological polar surface area (TPSA) is 109 Å². The van der Waals surface area contributed by atoms with Crippen LogP contribution in [-0.2, 0) is 25.0 Å². The van der Waals surface area contributed by atoms with Crippen molar-refractivity contribution in [2.45, 2.75) is 85.3 Å². The van der Waals surface area contributed by atoms with Gasteiger partial charge in [-0.25, -0.2) is 0 Å². The SMILES string of the molecule is COC(=O)CCC1=C(C)C2=[N+]3C1=CC1=[N+]4C(=Cc5c(C)c(C(C)O)c6n5C34n3c(c(C)c(C(C)O)c3=C2)=C6)C(C)C1CCC(=O)OC. The molecule has 2 N–H and O–H groups in total. The van der Waals surface area contributed by atoms with Crippen LogP contribution in [0.3, 0.4) is 0 Å². The molecule has 2 aromatic rings. The number of carbonyl (C=O) groups is 2. The van der Waals surface area contributed by atoms with Crippen molar-refractivity contribution in [1.29, 1.82) is 0 Å². The first kappa shape index (κ1) is 30.1. The van der Waals surface area contributed by atoms with Crippen LogP contribution in [0.5, 0.6) is 0 Å². The highest BCUT2D eigenvalue weighted by molar-refractivity contribution is 6.20. The van der Waals surface area contributed by atoms with Crippen molar-refractivity contribution in [2.75, 3.05) is 14.2 Å². The molecule has 0 radical (unpaired) electrons. The normalized spacial score (nSPS) is 25.1. The number of rotatable bonds is 8. The summed E-state index contributed by atoms with van der Waals surface area (Å²) in [7, 11) is 2.85. The molecule has 0 aliphatic carbocycles. The van der Waals surface area contributed by atoms with Crippen LogP contribution in [0.1, 0.15) is 99.2 Å². The molecule has 2 aromatic heterocycles. The largest absolute Gasteiger partial charge is 0.553 e. The van der Waals surface area contributed by atoms with Crippen LogP contribution < -0.4 is 10.7 Å². The maximum Gasteiger partial charge on any atom is 0.553 e. The van der Waals surface area contributed by atoms with E-state index in [9.17, 15) is 19.8 Å². The molecule has 8 heterocycles. The van der Waals surface area contributed by atoms with Crippen LogP contribution in [0.2, 0.25) is 0 Å². The third-order valence-corrected chi connectivity index (χ3v) is 11.5. The second-order valence-corrected chi connectivity index (χ2v) is 13.8. The molecule has 10 heteroatoms. The summed E-state index contributed by atoms with van der Waals surface area (Å²) >= 11 is 0. The predicted octanol–water partition coefficient (Wildman–Crippen LogP) is 2.73. The van der Waals surface area contributed by atoms with Gasteiger partial charge in [-0.2, -0.15) is 9.13 Å². The zero-order chi connectivity index (χ0) is 33.4. The Kier molecular flexibility index (Phi) is 6.32. The molecule has 0 aromatic carbocycles. The minimum absolute atomic E-state index is 0.0248. The Bertz CT molecular complexity index is 2160. The fourth-order valence-electron chi connectivity index (χ4n) is 9.51. The van der Waals surface area contributed by atoms with Gasteiger partial charge in [0, 0.05) is 47.3 Å². The van der Waals surface area contributed by atoms with Crippen LogP contribution in [0.4, 0.5) is 0 Å². The highest BCUT2D eigenvalue weighted by atomic mass is 16.5. The summed E-state index contributed by atoms with van der Waals surface area (Å²) in [5.74, 6) is -1.37. The van der Waals surface area contributed by atoms with E-state index in [1.807, 2.05) is 13.8 Å². The number of nitrogens with zero attached hydrogens (tertiary/aromatic N) is 4. The van der Waals surface area contributed by atoms with Crippen molar-refractivity contribution in [3.05, 3.63) is 73.0 Å². The van der Waals surface area contributed by atoms with E-state index >= 15 is 0 Å². The first-order chi connectivity index (χ1) is 22.4. The molecular formula is C37H42N4O6+2. The fourth-order valence-corrected chi connectivity index (χ4v) is 9.51. The van der Waals surface area contributed by atoms with Crippen molar-refractivity contribution in [2.24, 2.45) is 11.8 Å². The van der Waals surface area contributed by atoms with Gasteiger partial charge >= 0.3 is 17.8 Å². The van der Waals surface area contributed by atoms with Crippen LogP contribution >= 0.6 is 0 Å². The number of hydrogen-bond acceptors (Lipinski definition) is 6. The molecule has 6 aliphatic heterocycles. The van der Waals surface area contributed by atoms with Gasteiger partial charge in [-0.05, 0) is 64.7 Å². The average molecular weight is 639 g/mol. The van der Waals surface area contributed by atoms with Crippen molar-refractivity contribution in [3.8, 4) is 0 Å². The second kappa shape index (κ2) is 9.87. The van der Waals surface area contributed by atoms with Crippen molar-refractivity contribution < 1.29 is 38.4 Å². The molecule has 0 bridgehead atoms. The first-order valence-corrected chi connectivity index (χ1v) is 16.6. The number of ether oxygens (including phenoxy) is 2. The number of methoxy groups -OCH3 is 2. The molecule has 244 valence electrons. The van der Waals surface area contributed by atoms with Gasteiger partial charge in [0.15, 0.2) is 5.70 Å². The van der Waals surface area contributed by atoms with Gasteiger partial charge in [0.2, 0.25) is 17.1 Å². The van der Waals surface area contributed by atoms with Gasteiger partial charge in [0.25, 0.3) is 0 Å². The van der Waals surface area contributed by atoms with Crippen molar-refractivity contribution >= 4 is 41.6 Å². The first-order valence-electron chi connectivity index (χ1n) is 16.6. The number of aromatic nitrogens is 2. The molecule has 6 aliphatic rings. The van der Waals surface area contributed by atoms with Gasteiger partial charge < -0.3 is 19.7 Å². The molecule has 1 spiro atoms. The summed E-state index contributed by atoms with van der Waals surface area (Å²) in [6.07, 6.45) is 9.16. The van der Waals surface area contributed by atoms with E-state index in [4.69, 9.17) is 9.47 Å². The maximum absolute atomic E-state index is 12.5. The lowest BCUT2D eigenvalue weighted by Gasteiger charge is -2.38. The summed E-state index contributed by atoms with van der Waals surface area (Å²) in [4.78, 5) is 25.0. The third-order valence-electron chi connectivity index (χ3n) is 11.5. The van der Waals surface area contributed by atoms with Crippen LogP contribution in [-0.4, -0.2) is 66.1 Å². The van der Waals surface area contributed by atoms with E-state index in [1.165, 1.54) is 14.2 Å². The van der Waals surface area contributed by atoms with E-state index in [0.717, 1.165) is 78.3 Å². The van der Waals surface area contributed by atoms with Gasteiger partial charge in [0.1, 0.15) is 0 Å². The molecule has 10 nitrogen and oxygen atoms in total. The number of hydrogen-bond donors (Lipinski definition) is 2. The summed E-state index contributed by atoms with van der Waals surface area (Å²) in [5, 5.41) is 24.5. The maximum atomic E-state index is 12.5. The van der Waals surface area contributed by atoms with Gasteiger partial charge in [-0.3, -0.25) is 9.59 Å². The summed E-state index contributed by atoms with van der Waals surface area (Å²) < 4.78 is 19.8. The molecule has 0 amide bonds. The minimum atomic E-state index is -0.976. The smallest absolute Gasteiger partial charge is 0.469 e. The van der Waals surface area contributed by atoms with E-state index in [-0.39, 0.29) is 30.2 Å². The molecule has 5 unspecified atom stereocenters. The standard InChI is InChI=1S/C37H42N4O6/c1-17-23(9-11-33(44)46-7)29-16-30-24(10-12-34(45)47-8)18(2)26-14-31-36(22(6)43)20(4)28-15-32-35(21(5)42)19(3)27-13-25(17)38(29)37(39(26)30,40(27)32)41(28)31/h13-17,21-23,42-43H,9-12H2,1-8H3/q+2. The Labute approximate surface area is 273 Å². The van der Waals surface area contributed by atoms with Crippen molar-refractivity contribution in [1.82, 2.24) is 9.13 Å². The number of esters is 2. The third kappa shape index (κ3) is 3.47. The highest BCUT2D eigenvalue weighted by Crippen LogP contribution is 2.53. The lowest BCUT2D eigenvalue weighted by molar-refractivity contribution is -0.838. The Morgan fingerprint density at radius 1 is 0.872 bits per heavy atom. The Balaban J connectivity index is 1.55. The monoisotopic (exact) mass is 638 g/mol. The zero-order valence-electron chi connectivity index (χ0n) is 28.3. The quantitative estimate of drug-likeness (QED) is 0.340. The van der Waals surface area contributed by atoms with Crippen molar-refractivity contribution in [3.63, 3.8) is 0 Å². The molecule has 0 fully saturated rings. The fraction of sp³-hybridized carbons (Fsp3) is 0.459. The van der Waals surface area contributed by atoms with E-state index in [1.54, 1.807) is 0 Å². The minimum Gasteiger partial charge on any atom is -0.469 e.